The third-order valence-corrected chi connectivity index (χ3v) is 8.68. The highest BCUT2D eigenvalue weighted by atomic mass is 16.3. The van der Waals surface area contributed by atoms with Crippen molar-refractivity contribution < 1.29 is 4.42 Å². The van der Waals surface area contributed by atoms with E-state index in [9.17, 15) is 0 Å². The van der Waals surface area contributed by atoms with Gasteiger partial charge in [0.2, 0.25) is 0 Å². The fourth-order valence-corrected chi connectivity index (χ4v) is 6.55. The fraction of sp³-hybridized carbons (Fsp3) is 0.0476. The van der Waals surface area contributed by atoms with Crippen molar-refractivity contribution in [1.82, 2.24) is 0 Å². The number of hydrogen-bond acceptors (Lipinski definition) is 3. The number of furan rings is 1. The number of benzene rings is 7. The summed E-state index contributed by atoms with van der Waals surface area (Å²) in [5.74, 6) is 0. The molecular weight excluding hydrogens is 548 g/mol. The van der Waals surface area contributed by atoms with E-state index < -0.39 is 0 Å². The maximum absolute atomic E-state index is 6.68. The van der Waals surface area contributed by atoms with Gasteiger partial charge in [0.25, 0.3) is 0 Å². The topological polar surface area (TPSA) is 19.6 Å². The van der Waals surface area contributed by atoms with E-state index in [2.05, 4.69) is 181 Å². The van der Waals surface area contributed by atoms with Crippen LogP contribution in [0.5, 0.6) is 0 Å². The summed E-state index contributed by atoms with van der Waals surface area (Å²) in [6.45, 7) is 4.33. The highest BCUT2D eigenvalue weighted by Crippen LogP contribution is 2.46. The van der Waals surface area contributed by atoms with Crippen LogP contribution in [0.2, 0.25) is 0 Å². The smallest absolute Gasteiger partial charge is 0.138 e. The summed E-state index contributed by atoms with van der Waals surface area (Å²) in [4.78, 5) is 4.69. The molecule has 8 rings (SSSR count). The predicted molar refractivity (Wildman–Crippen MR) is 190 cm³/mol. The number of para-hydroxylation sites is 4. The van der Waals surface area contributed by atoms with Crippen molar-refractivity contribution >= 4 is 66.8 Å². The normalized spacial score (nSPS) is 11.3. The number of anilines is 6. The monoisotopic (exact) mass is 580 g/mol. The van der Waals surface area contributed by atoms with Gasteiger partial charge < -0.3 is 14.2 Å². The number of fused-ring (bicyclic) bond motifs is 5. The molecule has 1 heterocycles. The van der Waals surface area contributed by atoms with Gasteiger partial charge in [-0.25, -0.2) is 0 Å². The maximum atomic E-state index is 6.68. The molecule has 0 N–H and O–H groups in total. The summed E-state index contributed by atoms with van der Waals surface area (Å²) in [6.07, 6.45) is 0. The maximum Gasteiger partial charge on any atom is 0.138 e. The molecule has 0 saturated carbocycles. The average Bonchev–Trinajstić information content (AvgIpc) is 3.46. The van der Waals surface area contributed by atoms with Crippen LogP contribution in [0.3, 0.4) is 0 Å². The molecule has 0 spiro atoms. The largest absolute Gasteiger partial charge is 0.456 e. The minimum atomic E-state index is 0.868. The van der Waals surface area contributed by atoms with E-state index in [0.29, 0.717) is 0 Å². The molecule has 0 atom stereocenters. The zero-order valence-electron chi connectivity index (χ0n) is 25.3. The van der Waals surface area contributed by atoms with Gasteiger partial charge in [0.1, 0.15) is 11.2 Å². The minimum Gasteiger partial charge on any atom is -0.456 e. The van der Waals surface area contributed by atoms with Gasteiger partial charge >= 0.3 is 0 Å². The average molecular weight is 581 g/mol. The number of nitrogens with zero attached hydrogens (tertiary/aromatic N) is 2. The Balaban J connectivity index is 1.39. The summed E-state index contributed by atoms with van der Waals surface area (Å²) in [5.41, 5.74) is 10.8. The minimum absolute atomic E-state index is 0.868. The molecule has 45 heavy (non-hydrogen) atoms. The molecule has 8 aromatic rings. The Morgan fingerprint density at radius 1 is 0.378 bits per heavy atom. The first-order chi connectivity index (χ1) is 22.2. The Morgan fingerprint density at radius 3 is 1.56 bits per heavy atom. The van der Waals surface area contributed by atoms with Gasteiger partial charge in [-0.3, -0.25) is 0 Å². The second kappa shape index (κ2) is 11.0. The molecule has 0 amide bonds. The Bertz CT molecular complexity index is 2300. The van der Waals surface area contributed by atoms with E-state index in [4.69, 9.17) is 4.42 Å². The summed E-state index contributed by atoms with van der Waals surface area (Å²) in [6, 6.07) is 55.7. The van der Waals surface area contributed by atoms with E-state index >= 15 is 0 Å². The summed E-state index contributed by atoms with van der Waals surface area (Å²) in [7, 11) is 0. The summed E-state index contributed by atoms with van der Waals surface area (Å²) in [5, 5.41) is 4.56. The molecule has 0 unspecified atom stereocenters. The van der Waals surface area contributed by atoms with Crippen LogP contribution < -0.4 is 9.80 Å². The van der Waals surface area contributed by atoms with Crippen LogP contribution in [0.4, 0.5) is 34.1 Å². The van der Waals surface area contributed by atoms with Gasteiger partial charge in [0.05, 0.1) is 5.69 Å². The van der Waals surface area contributed by atoms with Gasteiger partial charge in [-0.2, -0.15) is 0 Å². The highest BCUT2D eigenvalue weighted by molar-refractivity contribution is 6.23. The van der Waals surface area contributed by atoms with Crippen molar-refractivity contribution in [3.8, 4) is 0 Å². The molecule has 3 nitrogen and oxygen atoms in total. The summed E-state index contributed by atoms with van der Waals surface area (Å²) < 4.78 is 6.68. The van der Waals surface area contributed by atoms with E-state index in [1.165, 1.54) is 16.5 Å². The van der Waals surface area contributed by atoms with Gasteiger partial charge in [-0.1, -0.05) is 97.1 Å². The first-order valence-corrected chi connectivity index (χ1v) is 15.4. The molecule has 3 heteroatoms. The lowest BCUT2D eigenvalue weighted by atomic mass is 10.00. The van der Waals surface area contributed by atoms with Crippen LogP contribution in [-0.4, -0.2) is 0 Å². The lowest BCUT2D eigenvalue weighted by Gasteiger charge is -2.28. The highest BCUT2D eigenvalue weighted by Gasteiger charge is 2.22. The zero-order chi connectivity index (χ0) is 30.3. The summed E-state index contributed by atoms with van der Waals surface area (Å²) >= 11 is 0. The number of aryl methyl sites for hydroxylation is 2. The van der Waals surface area contributed by atoms with Crippen LogP contribution in [0, 0.1) is 13.8 Å². The van der Waals surface area contributed by atoms with Crippen LogP contribution in [0.25, 0.3) is 32.7 Å². The second-order valence-electron chi connectivity index (χ2n) is 11.5. The molecule has 0 bridgehead atoms. The van der Waals surface area contributed by atoms with Gasteiger partial charge in [-0.15, -0.1) is 0 Å². The van der Waals surface area contributed by atoms with Gasteiger partial charge in [0, 0.05) is 50.7 Å². The Labute approximate surface area is 263 Å². The molecule has 0 aliphatic heterocycles. The van der Waals surface area contributed by atoms with E-state index in [0.717, 1.165) is 61.4 Å². The van der Waals surface area contributed by atoms with E-state index in [1.54, 1.807) is 0 Å². The third kappa shape index (κ3) is 4.61. The molecular formula is C42H32N2O. The number of hydrogen-bond donors (Lipinski definition) is 0. The molecule has 0 aliphatic rings. The zero-order valence-corrected chi connectivity index (χ0v) is 25.3. The van der Waals surface area contributed by atoms with Crippen LogP contribution >= 0.6 is 0 Å². The Morgan fingerprint density at radius 2 is 0.911 bits per heavy atom. The molecule has 0 radical (unpaired) electrons. The van der Waals surface area contributed by atoms with Crippen molar-refractivity contribution in [2.45, 2.75) is 13.8 Å². The molecule has 0 aliphatic carbocycles. The van der Waals surface area contributed by atoms with Crippen molar-refractivity contribution in [3.63, 3.8) is 0 Å². The predicted octanol–water partition coefficient (Wildman–Crippen LogP) is 12.3. The van der Waals surface area contributed by atoms with Gasteiger partial charge in [-0.05, 0) is 85.0 Å². The second-order valence-corrected chi connectivity index (χ2v) is 11.5. The fourth-order valence-electron chi connectivity index (χ4n) is 6.55. The van der Waals surface area contributed by atoms with Gasteiger partial charge in [0.15, 0.2) is 0 Å². The quantitative estimate of drug-likeness (QED) is 0.195. The van der Waals surface area contributed by atoms with E-state index in [-0.39, 0.29) is 0 Å². The van der Waals surface area contributed by atoms with Crippen molar-refractivity contribution in [1.29, 1.82) is 0 Å². The van der Waals surface area contributed by atoms with Crippen molar-refractivity contribution in [3.05, 3.63) is 169 Å². The molecule has 7 aromatic carbocycles. The number of rotatable bonds is 6. The first kappa shape index (κ1) is 26.8. The SMILES string of the molecule is Cc1ccccc1N(c1ccccc1)c1ccc2oc3cc(N(c4ccccc4)c4ccccc4C)c4ccccc4c3c2c1. The standard InChI is InChI=1S/C42H32N2O/c1-29-15-9-13-23-37(29)43(31-17-5-3-6-18-31)33-25-26-40-36(27-33)42-35-22-12-11-21-34(35)39(28-41(42)45-40)44(32-19-7-4-8-20-32)38-24-14-10-16-30(38)2/h3-28H,1-2H3. The molecule has 1 aromatic heterocycles. The van der Waals surface area contributed by atoms with Crippen LogP contribution in [0.1, 0.15) is 11.1 Å². The third-order valence-electron chi connectivity index (χ3n) is 8.68. The Kier molecular flexibility index (Phi) is 6.57. The van der Waals surface area contributed by atoms with Crippen LogP contribution in [0.15, 0.2) is 162 Å². The van der Waals surface area contributed by atoms with Crippen molar-refractivity contribution in [2.24, 2.45) is 0 Å². The lowest BCUT2D eigenvalue weighted by Crippen LogP contribution is -2.11. The molecule has 0 saturated heterocycles. The lowest BCUT2D eigenvalue weighted by molar-refractivity contribution is 0.669. The Hall–Kier alpha value is -5.80. The molecule has 216 valence electrons. The molecule has 0 fully saturated rings. The van der Waals surface area contributed by atoms with Crippen LogP contribution in [-0.2, 0) is 0 Å². The van der Waals surface area contributed by atoms with E-state index in [1.807, 2.05) is 0 Å². The van der Waals surface area contributed by atoms with Crippen molar-refractivity contribution in [2.75, 3.05) is 9.80 Å². The first-order valence-electron chi connectivity index (χ1n) is 15.4.